The smallest absolute Gasteiger partial charge is 0.194 e. The summed E-state index contributed by atoms with van der Waals surface area (Å²) in [5.74, 6) is 0.323. The van der Waals surface area contributed by atoms with Crippen molar-refractivity contribution in [1.29, 1.82) is 5.26 Å². The van der Waals surface area contributed by atoms with Gasteiger partial charge in [0.2, 0.25) is 0 Å². The van der Waals surface area contributed by atoms with Crippen LogP contribution < -0.4 is 0 Å². The van der Waals surface area contributed by atoms with Crippen molar-refractivity contribution in [2.45, 2.75) is 33.1 Å². The molecular formula is C17H17N3S. The van der Waals surface area contributed by atoms with Gasteiger partial charge in [0.15, 0.2) is 4.96 Å². The Bertz CT molecular complexity index is 819. The third-order valence-electron chi connectivity index (χ3n) is 3.62. The van der Waals surface area contributed by atoms with Gasteiger partial charge in [0, 0.05) is 4.88 Å². The second-order valence-electron chi connectivity index (χ2n) is 5.42. The Morgan fingerprint density at radius 3 is 2.62 bits per heavy atom. The monoisotopic (exact) mass is 295 g/mol. The number of aryl methyl sites for hydroxylation is 1. The summed E-state index contributed by atoms with van der Waals surface area (Å²) in [7, 11) is 0. The van der Waals surface area contributed by atoms with Gasteiger partial charge in [0.25, 0.3) is 0 Å². The summed E-state index contributed by atoms with van der Waals surface area (Å²) in [6.07, 6.45) is 0.394. The van der Waals surface area contributed by atoms with Crippen LogP contribution in [0.5, 0.6) is 0 Å². The molecule has 0 fully saturated rings. The van der Waals surface area contributed by atoms with Crippen LogP contribution in [-0.2, 0) is 6.42 Å². The summed E-state index contributed by atoms with van der Waals surface area (Å²) in [4.78, 5) is 6.99. The van der Waals surface area contributed by atoms with Gasteiger partial charge in [-0.05, 0) is 18.4 Å². The van der Waals surface area contributed by atoms with Crippen LogP contribution in [0.1, 0.15) is 36.0 Å². The molecule has 3 aromatic rings. The Balaban J connectivity index is 2.35. The predicted molar refractivity (Wildman–Crippen MR) is 86.6 cm³/mol. The molecule has 0 aliphatic carbocycles. The van der Waals surface area contributed by atoms with Gasteiger partial charge in [-0.3, -0.25) is 4.40 Å². The van der Waals surface area contributed by atoms with E-state index in [2.05, 4.69) is 43.4 Å². The number of thiazole rings is 1. The van der Waals surface area contributed by atoms with E-state index in [0.29, 0.717) is 12.3 Å². The number of nitrogens with zero attached hydrogens (tertiary/aromatic N) is 3. The molecule has 2 aromatic heterocycles. The van der Waals surface area contributed by atoms with Crippen LogP contribution in [0.4, 0.5) is 0 Å². The second kappa shape index (κ2) is 5.34. The van der Waals surface area contributed by atoms with E-state index >= 15 is 0 Å². The quantitative estimate of drug-likeness (QED) is 0.710. The molecule has 0 bridgehead atoms. The van der Waals surface area contributed by atoms with E-state index in [9.17, 15) is 5.26 Å². The highest BCUT2D eigenvalue weighted by Crippen LogP contribution is 2.35. The van der Waals surface area contributed by atoms with E-state index in [1.165, 1.54) is 16.1 Å². The fraction of sp³-hybridized carbons (Fsp3) is 0.294. The van der Waals surface area contributed by atoms with Crippen molar-refractivity contribution < 1.29 is 0 Å². The Hall–Kier alpha value is -2.12. The summed E-state index contributed by atoms with van der Waals surface area (Å²) >= 11 is 1.69. The van der Waals surface area contributed by atoms with Gasteiger partial charge >= 0.3 is 0 Å². The molecule has 21 heavy (non-hydrogen) atoms. The van der Waals surface area contributed by atoms with Crippen LogP contribution in [0.2, 0.25) is 0 Å². The van der Waals surface area contributed by atoms with Crippen LogP contribution in [0.15, 0.2) is 30.3 Å². The third-order valence-corrected chi connectivity index (χ3v) is 4.57. The van der Waals surface area contributed by atoms with Crippen molar-refractivity contribution in [3.63, 3.8) is 0 Å². The van der Waals surface area contributed by atoms with Crippen LogP contribution >= 0.6 is 11.3 Å². The number of fused-ring (bicyclic) bond motifs is 1. The van der Waals surface area contributed by atoms with Gasteiger partial charge < -0.3 is 0 Å². The molecule has 0 aliphatic heterocycles. The fourth-order valence-corrected chi connectivity index (χ4v) is 3.74. The van der Waals surface area contributed by atoms with E-state index in [-0.39, 0.29) is 0 Å². The first-order valence-corrected chi connectivity index (χ1v) is 7.88. The summed E-state index contributed by atoms with van der Waals surface area (Å²) < 4.78 is 2.17. The molecule has 2 heterocycles. The lowest BCUT2D eigenvalue weighted by Gasteiger charge is -2.07. The van der Waals surface area contributed by atoms with Gasteiger partial charge in [-0.15, -0.1) is 11.3 Å². The van der Waals surface area contributed by atoms with Crippen molar-refractivity contribution in [3.05, 3.63) is 46.6 Å². The van der Waals surface area contributed by atoms with E-state index < -0.39 is 0 Å². The Morgan fingerprint density at radius 1 is 1.29 bits per heavy atom. The summed E-state index contributed by atoms with van der Waals surface area (Å²) in [5, 5.41) is 9.18. The molecule has 4 heteroatoms. The third kappa shape index (κ3) is 2.24. The molecule has 3 nitrogen and oxygen atoms in total. The van der Waals surface area contributed by atoms with Gasteiger partial charge in [0.05, 0.1) is 29.6 Å². The predicted octanol–water partition coefficient (Wildman–Crippen LogP) is 4.56. The fourth-order valence-electron chi connectivity index (χ4n) is 2.72. The molecule has 0 aliphatic rings. The summed E-state index contributed by atoms with van der Waals surface area (Å²) in [6, 6.07) is 12.6. The largest absolute Gasteiger partial charge is 0.286 e. The highest BCUT2D eigenvalue weighted by atomic mass is 32.1. The average molecular weight is 295 g/mol. The van der Waals surface area contributed by atoms with Crippen molar-refractivity contribution in [2.24, 2.45) is 0 Å². The molecule has 0 spiro atoms. The molecule has 0 saturated carbocycles. The lowest BCUT2D eigenvalue weighted by atomic mass is 10.1. The molecule has 0 atom stereocenters. The van der Waals surface area contributed by atoms with Crippen LogP contribution in [0.3, 0.4) is 0 Å². The minimum absolute atomic E-state index is 0.323. The lowest BCUT2D eigenvalue weighted by molar-refractivity contribution is 0.814. The minimum Gasteiger partial charge on any atom is -0.286 e. The first-order chi connectivity index (χ1) is 10.1. The molecule has 106 valence electrons. The number of imidazole rings is 1. The second-order valence-corrected chi connectivity index (χ2v) is 6.61. The van der Waals surface area contributed by atoms with Crippen LogP contribution in [0, 0.1) is 18.3 Å². The SMILES string of the molecule is Cc1sc2nc(C(C)C)c(CC#N)n2c1-c1ccccc1. The van der Waals surface area contributed by atoms with E-state index in [0.717, 1.165) is 16.3 Å². The molecular weight excluding hydrogens is 278 g/mol. The maximum Gasteiger partial charge on any atom is 0.194 e. The first-order valence-electron chi connectivity index (χ1n) is 7.06. The molecule has 3 rings (SSSR count). The number of nitriles is 1. The molecule has 0 amide bonds. The minimum atomic E-state index is 0.323. The Kier molecular flexibility index (Phi) is 3.52. The Labute approximate surface area is 128 Å². The maximum absolute atomic E-state index is 9.18. The van der Waals surface area contributed by atoms with Crippen molar-refractivity contribution in [2.75, 3.05) is 0 Å². The lowest BCUT2D eigenvalue weighted by Crippen LogP contribution is -1.99. The number of hydrogen-bond acceptors (Lipinski definition) is 3. The zero-order valence-electron chi connectivity index (χ0n) is 12.4. The zero-order chi connectivity index (χ0) is 15.0. The summed E-state index contributed by atoms with van der Waals surface area (Å²) in [5.41, 5.74) is 4.42. The van der Waals surface area contributed by atoms with E-state index in [1.807, 2.05) is 18.2 Å². The standard InChI is InChI=1S/C17H17N3S/c1-11(2)15-14(9-10-18)20-16(12(3)21-17(20)19-15)13-7-5-4-6-8-13/h4-8,11H,9H2,1-3H3. The number of rotatable bonds is 3. The average Bonchev–Trinajstić information content (AvgIpc) is 2.96. The number of hydrogen-bond donors (Lipinski definition) is 0. The maximum atomic E-state index is 9.18. The van der Waals surface area contributed by atoms with E-state index in [1.54, 1.807) is 11.3 Å². The van der Waals surface area contributed by atoms with Crippen LogP contribution in [-0.4, -0.2) is 9.38 Å². The molecule has 1 aromatic carbocycles. The number of aromatic nitrogens is 2. The zero-order valence-corrected chi connectivity index (χ0v) is 13.2. The van der Waals surface area contributed by atoms with Crippen molar-refractivity contribution in [3.8, 4) is 17.3 Å². The van der Waals surface area contributed by atoms with E-state index in [4.69, 9.17) is 4.98 Å². The Morgan fingerprint density at radius 2 is 2.00 bits per heavy atom. The van der Waals surface area contributed by atoms with Gasteiger partial charge in [-0.25, -0.2) is 4.98 Å². The highest BCUT2D eigenvalue weighted by Gasteiger charge is 2.21. The molecule has 0 N–H and O–H groups in total. The van der Waals surface area contributed by atoms with Crippen molar-refractivity contribution >= 4 is 16.3 Å². The number of benzene rings is 1. The van der Waals surface area contributed by atoms with Crippen molar-refractivity contribution in [1.82, 2.24) is 9.38 Å². The first kappa shape index (κ1) is 13.8. The summed E-state index contributed by atoms with van der Waals surface area (Å²) in [6.45, 7) is 6.37. The normalized spacial score (nSPS) is 11.2. The molecule has 0 saturated heterocycles. The van der Waals surface area contributed by atoms with Gasteiger partial charge in [-0.2, -0.15) is 5.26 Å². The topological polar surface area (TPSA) is 41.1 Å². The molecule has 0 unspecified atom stereocenters. The highest BCUT2D eigenvalue weighted by molar-refractivity contribution is 7.17. The van der Waals surface area contributed by atoms with Crippen LogP contribution in [0.25, 0.3) is 16.2 Å². The van der Waals surface area contributed by atoms with Gasteiger partial charge in [-0.1, -0.05) is 44.2 Å². The molecule has 0 radical (unpaired) electrons. The van der Waals surface area contributed by atoms with Gasteiger partial charge in [0.1, 0.15) is 0 Å².